The second kappa shape index (κ2) is 4.83. The number of hydrogen-bond donors (Lipinski definition) is 1. The first kappa shape index (κ1) is 12.0. The first-order valence-corrected chi connectivity index (χ1v) is 5.34. The van der Waals surface area contributed by atoms with E-state index in [-0.39, 0.29) is 17.4 Å². The van der Waals surface area contributed by atoms with E-state index in [2.05, 4.69) is 4.98 Å². The highest BCUT2D eigenvalue weighted by molar-refractivity contribution is 6.04. The zero-order chi connectivity index (χ0) is 13.1. The third kappa shape index (κ3) is 2.45. The van der Waals surface area contributed by atoms with Crippen molar-refractivity contribution in [1.29, 1.82) is 0 Å². The largest absolute Gasteiger partial charge is 0.384 e. The number of anilines is 2. The molecule has 0 atom stereocenters. The van der Waals surface area contributed by atoms with Crippen molar-refractivity contribution in [3.63, 3.8) is 0 Å². The Bertz CT molecular complexity index is 586. The number of pyridine rings is 1. The maximum atomic E-state index is 13.1. The van der Waals surface area contributed by atoms with Gasteiger partial charge in [0.05, 0.1) is 0 Å². The molecule has 0 aliphatic rings. The summed E-state index contributed by atoms with van der Waals surface area (Å²) in [5.41, 5.74) is 6.20. The third-order valence-electron chi connectivity index (χ3n) is 2.49. The van der Waals surface area contributed by atoms with Crippen molar-refractivity contribution >= 4 is 17.4 Å². The molecule has 2 aromatic rings. The smallest absolute Gasteiger partial charge is 0.276 e. The summed E-state index contributed by atoms with van der Waals surface area (Å²) in [5, 5.41) is 0. The molecule has 0 bridgehead atoms. The zero-order valence-corrected chi connectivity index (χ0v) is 9.80. The van der Waals surface area contributed by atoms with Crippen LogP contribution in [0, 0.1) is 5.82 Å². The van der Waals surface area contributed by atoms with Crippen molar-refractivity contribution in [3.05, 3.63) is 54.0 Å². The first-order chi connectivity index (χ1) is 8.58. The van der Waals surface area contributed by atoms with Gasteiger partial charge in [-0.2, -0.15) is 0 Å². The van der Waals surface area contributed by atoms with Gasteiger partial charge in [0.1, 0.15) is 17.3 Å². The minimum atomic E-state index is -0.396. The molecule has 1 heterocycles. The van der Waals surface area contributed by atoms with Crippen LogP contribution in [0.4, 0.5) is 15.9 Å². The quantitative estimate of drug-likeness (QED) is 0.881. The van der Waals surface area contributed by atoms with Gasteiger partial charge in [-0.05, 0) is 30.3 Å². The minimum Gasteiger partial charge on any atom is -0.384 e. The number of nitrogens with zero attached hydrogens (tertiary/aromatic N) is 2. The lowest BCUT2D eigenvalue weighted by atomic mass is 10.2. The summed E-state index contributed by atoms with van der Waals surface area (Å²) in [6.45, 7) is 0. The van der Waals surface area contributed by atoms with Gasteiger partial charge in [0.15, 0.2) is 0 Å². The monoisotopic (exact) mass is 245 g/mol. The standard InChI is InChI=1S/C13H12FN3O/c1-17(10-5-2-4-9(14)8-10)13(18)11-6-3-7-12(15)16-11/h2-8H,1H3,(H2,15,16). The average Bonchev–Trinajstić information content (AvgIpc) is 2.37. The van der Waals surface area contributed by atoms with Crippen LogP contribution < -0.4 is 10.6 Å². The average molecular weight is 245 g/mol. The summed E-state index contributed by atoms with van der Waals surface area (Å²) in [5.74, 6) is -0.464. The maximum Gasteiger partial charge on any atom is 0.276 e. The summed E-state index contributed by atoms with van der Waals surface area (Å²) in [6, 6.07) is 10.6. The molecule has 1 aromatic carbocycles. The predicted octanol–water partition coefficient (Wildman–Crippen LogP) is 2.08. The SMILES string of the molecule is CN(C(=O)c1cccc(N)n1)c1cccc(F)c1. The molecule has 0 saturated carbocycles. The van der Waals surface area contributed by atoms with Crippen LogP contribution in [0.1, 0.15) is 10.5 Å². The second-order valence-electron chi connectivity index (χ2n) is 3.79. The Morgan fingerprint density at radius 3 is 2.67 bits per heavy atom. The van der Waals surface area contributed by atoms with Gasteiger partial charge in [-0.1, -0.05) is 12.1 Å². The fourth-order valence-electron chi connectivity index (χ4n) is 1.54. The van der Waals surface area contributed by atoms with E-state index in [1.807, 2.05) is 0 Å². The van der Waals surface area contributed by atoms with Crippen molar-refractivity contribution in [2.75, 3.05) is 17.7 Å². The minimum absolute atomic E-state index is 0.224. The Morgan fingerprint density at radius 2 is 2.00 bits per heavy atom. The highest BCUT2D eigenvalue weighted by Gasteiger charge is 2.15. The van der Waals surface area contributed by atoms with Gasteiger partial charge in [0.2, 0.25) is 0 Å². The van der Waals surface area contributed by atoms with E-state index in [0.29, 0.717) is 5.69 Å². The van der Waals surface area contributed by atoms with Gasteiger partial charge in [-0.15, -0.1) is 0 Å². The van der Waals surface area contributed by atoms with Crippen LogP contribution >= 0.6 is 0 Å². The number of nitrogens with two attached hydrogens (primary N) is 1. The number of benzene rings is 1. The molecule has 18 heavy (non-hydrogen) atoms. The Morgan fingerprint density at radius 1 is 1.28 bits per heavy atom. The van der Waals surface area contributed by atoms with Crippen LogP contribution in [-0.4, -0.2) is 17.9 Å². The third-order valence-corrected chi connectivity index (χ3v) is 2.49. The molecule has 0 unspecified atom stereocenters. The highest BCUT2D eigenvalue weighted by Crippen LogP contribution is 2.16. The lowest BCUT2D eigenvalue weighted by Crippen LogP contribution is -2.27. The van der Waals surface area contributed by atoms with Gasteiger partial charge in [0, 0.05) is 12.7 Å². The number of rotatable bonds is 2. The number of amides is 1. The number of hydrogen-bond acceptors (Lipinski definition) is 3. The first-order valence-electron chi connectivity index (χ1n) is 5.34. The second-order valence-corrected chi connectivity index (χ2v) is 3.79. The van der Waals surface area contributed by atoms with Gasteiger partial charge in [-0.25, -0.2) is 9.37 Å². The summed E-state index contributed by atoms with van der Waals surface area (Å²) in [7, 11) is 1.56. The Hall–Kier alpha value is -2.43. The van der Waals surface area contributed by atoms with E-state index >= 15 is 0 Å². The molecule has 0 spiro atoms. The molecule has 5 heteroatoms. The zero-order valence-electron chi connectivity index (χ0n) is 9.80. The molecule has 1 amide bonds. The van der Waals surface area contributed by atoms with E-state index in [0.717, 1.165) is 0 Å². The lowest BCUT2D eigenvalue weighted by molar-refractivity contribution is 0.0988. The van der Waals surface area contributed by atoms with Crippen molar-refractivity contribution in [2.24, 2.45) is 0 Å². The fraction of sp³-hybridized carbons (Fsp3) is 0.0769. The molecule has 92 valence electrons. The molecule has 2 N–H and O–H groups in total. The fourth-order valence-corrected chi connectivity index (χ4v) is 1.54. The van der Waals surface area contributed by atoms with E-state index in [9.17, 15) is 9.18 Å². The van der Waals surface area contributed by atoms with Crippen molar-refractivity contribution in [3.8, 4) is 0 Å². The highest BCUT2D eigenvalue weighted by atomic mass is 19.1. The normalized spacial score (nSPS) is 10.1. The molecule has 0 aliphatic carbocycles. The van der Waals surface area contributed by atoms with Crippen molar-refractivity contribution < 1.29 is 9.18 Å². The number of nitrogen functional groups attached to an aromatic ring is 1. The van der Waals surface area contributed by atoms with Crippen molar-refractivity contribution in [1.82, 2.24) is 4.98 Å². The van der Waals surface area contributed by atoms with Crippen LogP contribution in [0.3, 0.4) is 0 Å². The molecule has 0 saturated heterocycles. The number of carbonyl (C=O) groups is 1. The van der Waals surface area contributed by atoms with Gasteiger partial charge >= 0.3 is 0 Å². The molecular weight excluding hydrogens is 233 g/mol. The van der Waals surface area contributed by atoms with E-state index in [1.54, 1.807) is 37.4 Å². The number of carbonyl (C=O) groups excluding carboxylic acids is 1. The van der Waals surface area contributed by atoms with Gasteiger partial charge < -0.3 is 10.6 Å². The predicted molar refractivity (Wildman–Crippen MR) is 67.8 cm³/mol. The van der Waals surface area contributed by atoms with Crippen LogP contribution in [0.2, 0.25) is 0 Å². The van der Waals surface area contributed by atoms with E-state index < -0.39 is 5.82 Å². The summed E-state index contributed by atoms with van der Waals surface area (Å²) in [4.78, 5) is 17.4. The molecule has 4 nitrogen and oxygen atoms in total. The molecule has 1 aromatic heterocycles. The topological polar surface area (TPSA) is 59.2 Å². The number of aromatic nitrogens is 1. The molecular formula is C13H12FN3O. The van der Waals surface area contributed by atoms with Gasteiger partial charge in [-0.3, -0.25) is 4.79 Å². The lowest BCUT2D eigenvalue weighted by Gasteiger charge is -2.16. The maximum absolute atomic E-state index is 13.1. The Balaban J connectivity index is 2.29. The Kier molecular flexibility index (Phi) is 3.23. The molecule has 0 fully saturated rings. The Labute approximate surface area is 104 Å². The van der Waals surface area contributed by atoms with E-state index in [4.69, 9.17) is 5.73 Å². The summed E-state index contributed by atoms with van der Waals surface area (Å²) < 4.78 is 13.1. The molecule has 0 aliphatic heterocycles. The van der Waals surface area contributed by atoms with Gasteiger partial charge in [0.25, 0.3) is 5.91 Å². The van der Waals surface area contributed by atoms with Crippen molar-refractivity contribution in [2.45, 2.75) is 0 Å². The summed E-state index contributed by atoms with van der Waals surface area (Å²) >= 11 is 0. The summed E-state index contributed by atoms with van der Waals surface area (Å²) in [6.07, 6.45) is 0. The van der Waals surface area contributed by atoms with E-state index in [1.165, 1.54) is 17.0 Å². The van der Waals surface area contributed by atoms with Crippen LogP contribution in [0.5, 0.6) is 0 Å². The van der Waals surface area contributed by atoms with Crippen LogP contribution in [-0.2, 0) is 0 Å². The number of halogens is 1. The van der Waals surface area contributed by atoms with Crippen LogP contribution in [0.25, 0.3) is 0 Å². The van der Waals surface area contributed by atoms with Crippen LogP contribution in [0.15, 0.2) is 42.5 Å². The molecule has 0 radical (unpaired) electrons. The molecule has 2 rings (SSSR count).